The van der Waals surface area contributed by atoms with E-state index in [1.807, 2.05) is 0 Å². The van der Waals surface area contributed by atoms with E-state index in [0.717, 1.165) is 37.1 Å². The van der Waals surface area contributed by atoms with Gasteiger partial charge in [-0.25, -0.2) is 0 Å². The largest absolute Gasteiger partial charge is 0.371 e. The van der Waals surface area contributed by atoms with Gasteiger partial charge in [-0.1, -0.05) is 31.5 Å². The Kier molecular flexibility index (Phi) is 4.30. The lowest BCUT2D eigenvalue weighted by Crippen LogP contribution is -2.19. The standard InChI is InChI=1S/C14H21ClN2/c1-3-16-9-12-4-5-13(8-14(12)15)17-7-6-11(2)10-17/h4-5,8,11,16H,3,6-7,9-10H2,1-2H3. The van der Waals surface area contributed by atoms with Gasteiger partial charge in [-0.05, 0) is 36.6 Å². The average Bonchev–Trinajstić information content (AvgIpc) is 2.74. The summed E-state index contributed by atoms with van der Waals surface area (Å²) in [7, 11) is 0. The molecule has 1 aliphatic rings. The van der Waals surface area contributed by atoms with Crippen LogP contribution in [0.2, 0.25) is 5.02 Å². The molecule has 2 nitrogen and oxygen atoms in total. The minimum absolute atomic E-state index is 0.801. The fraction of sp³-hybridized carbons (Fsp3) is 0.571. The van der Waals surface area contributed by atoms with E-state index in [9.17, 15) is 0 Å². The smallest absolute Gasteiger partial charge is 0.0471 e. The predicted octanol–water partition coefficient (Wildman–Crippen LogP) is 3.30. The number of nitrogens with one attached hydrogen (secondary N) is 1. The molecule has 1 aromatic carbocycles. The van der Waals surface area contributed by atoms with Crippen molar-refractivity contribution in [1.29, 1.82) is 0 Å². The van der Waals surface area contributed by atoms with Crippen LogP contribution in [0.15, 0.2) is 18.2 Å². The van der Waals surface area contributed by atoms with Crippen LogP contribution in [0.5, 0.6) is 0 Å². The first-order chi connectivity index (χ1) is 8.20. The number of benzene rings is 1. The second-order valence-electron chi connectivity index (χ2n) is 4.90. The van der Waals surface area contributed by atoms with Gasteiger partial charge in [0.05, 0.1) is 0 Å². The maximum absolute atomic E-state index is 6.31. The summed E-state index contributed by atoms with van der Waals surface area (Å²) in [4.78, 5) is 2.42. The van der Waals surface area contributed by atoms with Crippen LogP contribution in [0.25, 0.3) is 0 Å². The monoisotopic (exact) mass is 252 g/mol. The van der Waals surface area contributed by atoms with Gasteiger partial charge in [0, 0.05) is 30.3 Å². The van der Waals surface area contributed by atoms with Crippen LogP contribution in [-0.4, -0.2) is 19.6 Å². The Bertz CT molecular complexity index is 378. The van der Waals surface area contributed by atoms with Gasteiger partial charge in [0.2, 0.25) is 0 Å². The Hall–Kier alpha value is -0.730. The maximum atomic E-state index is 6.31. The first-order valence-electron chi connectivity index (χ1n) is 6.44. The molecular weight excluding hydrogens is 232 g/mol. The quantitative estimate of drug-likeness (QED) is 0.885. The lowest BCUT2D eigenvalue weighted by Gasteiger charge is -2.19. The third-order valence-corrected chi connectivity index (χ3v) is 3.74. The summed E-state index contributed by atoms with van der Waals surface area (Å²) in [6.07, 6.45) is 1.29. The van der Waals surface area contributed by atoms with Crippen LogP contribution in [0, 0.1) is 5.92 Å². The Morgan fingerprint density at radius 2 is 2.29 bits per heavy atom. The molecule has 1 fully saturated rings. The molecule has 1 saturated heterocycles. The van der Waals surface area contributed by atoms with E-state index >= 15 is 0 Å². The van der Waals surface area contributed by atoms with Gasteiger partial charge in [0.1, 0.15) is 0 Å². The molecule has 17 heavy (non-hydrogen) atoms. The Balaban J connectivity index is 2.08. The fourth-order valence-corrected chi connectivity index (χ4v) is 2.55. The molecule has 0 bridgehead atoms. The number of halogens is 1. The minimum Gasteiger partial charge on any atom is -0.371 e. The van der Waals surface area contributed by atoms with Crippen LogP contribution in [0.1, 0.15) is 25.8 Å². The summed E-state index contributed by atoms with van der Waals surface area (Å²) in [5, 5.41) is 4.18. The highest BCUT2D eigenvalue weighted by molar-refractivity contribution is 6.31. The number of anilines is 1. The molecule has 2 rings (SSSR count). The van der Waals surface area contributed by atoms with Gasteiger partial charge in [-0.15, -0.1) is 0 Å². The van der Waals surface area contributed by atoms with Crippen molar-refractivity contribution in [2.75, 3.05) is 24.5 Å². The van der Waals surface area contributed by atoms with Crippen molar-refractivity contribution >= 4 is 17.3 Å². The topological polar surface area (TPSA) is 15.3 Å². The van der Waals surface area contributed by atoms with Crippen molar-refractivity contribution in [3.8, 4) is 0 Å². The van der Waals surface area contributed by atoms with Crippen molar-refractivity contribution < 1.29 is 0 Å². The molecular formula is C14H21ClN2. The second kappa shape index (κ2) is 5.74. The van der Waals surface area contributed by atoms with Crippen LogP contribution >= 0.6 is 11.6 Å². The summed E-state index contributed by atoms with van der Waals surface area (Å²) in [6, 6.07) is 6.44. The van der Waals surface area contributed by atoms with Crippen LogP contribution in [0.3, 0.4) is 0 Å². The van der Waals surface area contributed by atoms with E-state index in [-0.39, 0.29) is 0 Å². The Morgan fingerprint density at radius 1 is 1.47 bits per heavy atom. The summed E-state index contributed by atoms with van der Waals surface area (Å²) < 4.78 is 0. The Morgan fingerprint density at radius 3 is 2.88 bits per heavy atom. The van der Waals surface area contributed by atoms with Crippen LogP contribution < -0.4 is 10.2 Å². The molecule has 1 aliphatic heterocycles. The molecule has 0 radical (unpaired) electrons. The van der Waals surface area contributed by atoms with E-state index in [0.29, 0.717) is 0 Å². The molecule has 0 spiro atoms. The number of rotatable bonds is 4. The third-order valence-electron chi connectivity index (χ3n) is 3.39. The van der Waals surface area contributed by atoms with Crippen molar-refractivity contribution in [3.05, 3.63) is 28.8 Å². The summed E-state index contributed by atoms with van der Waals surface area (Å²) in [5.41, 5.74) is 2.45. The maximum Gasteiger partial charge on any atom is 0.0471 e. The number of hydrogen-bond donors (Lipinski definition) is 1. The van der Waals surface area contributed by atoms with E-state index in [2.05, 4.69) is 42.3 Å². The van der Waals surface area contributed by atoms with E-state index < -0.39 is 0 Å². The fourth-order valence-electron chi connectivity index (χ4n) is 2.31. The minimum atomic E-state index is 0.801. The highest BCUT2D eigenvalue weighted by Crippen LogP contribution is 2.27. The number of nitrogens with zero attached hydrogens (tertiary/aromatic N) is 1. The average molecular weight is 253 g/mol. The van der Waals surface area contributed by atoms with E-state index in [4.69, 9.17) is 11.6 Å². The van der Waals surface area contributed by atoms with E-state index in [1.165, 1.54) is 17.7 Å². The number of hydrogen-bond acceptors (Lipinski definition) is 2. The summed E-state index contributed by atoms with van der Waals surface area (Å²) >= 11 is 6.31. The molecule has 0 amide bonds. The molecule has 94 valence electrons. The summed E-state index contributed by atoms with van der Waals surface area (Å²) in [6.45, 7) is 8.55. The van der Waals surface area contributed by atoms with Crippen molar-refractivity contribution in [1.82, 2.24) is 5.32 Å². The second-order valence-corrected chi connectivity index (χ2v) is 5.30. The predicted molar refractivity (Wildman–Crippen MR) is 74.8 cm³/mol. The zero-order chi connectivity index (χ0) is 12.3. The van der Waals surface area contributed by atoms with Crippen LogP contribution in [-0.2, 0) is 6.54 Å². The van der Waals surface area contributed by atoms with Crippen molar-refractivity contribution in [2.45, 2.75) is 26.8 Å². The zero-order valence-corrected chi connectivity index (χ0v) is 11.4. The molecule has 1 N–H and O–H groups in total. The SMILES string of the molecule is CCNCc1ccc(N2CCC(C)C2)cc1Cl. The molecule has 3 heteroatoms. The molecule has 1 aromatic rings. The molecule has 1 unspecified atom stereocenters. The Labute approximate surface area is 109 Å². The highest BCUT2D eigenvalue weighted by atomic mass is 35.5. The molecule has 0 aliphatic carbocycles. The molecule has 0 aromatic heterocycles. The first kappa shape index (κ1) is 12.7. The first-order valence-corrected chi connectivity index (χ1v) is 6.82. The third kappa shape index (κ3) is 3.14. The van der Waals surface area contributed by atoms with Gasteiger partial charge in [0.15, 0.2) is 0 Å². The molecule has 1 atom stereocenters. The van der Waals surface area contributed by atoms with Gasteiger partial charge < -0.3 is 10.2 Å². The molecule has 1 heterocycles. The van der Waals surface area contributed by atoms with Crippen molar-refractivity contribution in [2.24, 2.45) is 5.92 Å². The van der Waals surface area contributed by atoms with Gasteiger partial charge in [0.25, 0.3) is 0 Å². The van der Waals surface area contributed by atoms with Crippen molar-refractivity contribution in [3.63, 3.8) is 0 Å². The van der Waals surface area contributed by atoms with Gasteiger partial charge in [-0.3, -0.25) is 0 Å². The van der Waals surface area contributed by atoms with Gasteiger partial charge in [-0.2, -0.15) is 0 Å². The normalized spacial score (nSPS) is 19.9. The zero-order valence-electron chi connectivity index (χ0n) is 10.7. The van der Waals surface area contributed by atoms with Crippen LogP contribution in [0.4, 0.5) is 5.69 Å². The molecule has 0 saturated carbocycles. The summed E-state index contributed by atoms with van der Waals surface area (Å²) in [5.74, 6) is 0.801. The highest BCUT2D eigenvalue weighted by Gasteiger charge is 2.19. The lowest BCUT2D eigenvalue weighted by atomic mass is 10.1. The van der Waals surface area contributed by atoms with E-state index in [1.54, 1.807) is 0 Å². The van der Waals surface area contributed by atoms with Gasteiger partial charge >= 0.3 is 0 Å². The lowest BCUT2D eigenvalue weighted by molar-refractivity contribution is 0.659.